The number of unbranched alkanes of at least 4 members (excludes halogenated alkanes) is 2. The van der Waals surface area contributed by atoms with Crippen LogP contribution in [0.15, 0.2) is 53.5 Å². The van der Waals surface area contributed by atoms with E-state index in [1.54, 1.807) is 29.9 Å². The Morgan fingerprint density at radius 3 is 2.54 bits per heavy atom. The van der Waals surface area contributed by atoms with Crippen molar-refractivity contribution >= 4 is 10.8 Å². The molecule has 3 aromatic rings. The Balaban J connectivity index is 1.84. The number of aryl methyl sites for hydroxylation is 2. The van der Waals surface area contributed by atoms with Crippen molar-refractivity contribution in [2.45, 2.75) is 39.2 Å². The second-order valence-electron chi connectivity index (χ2n) is 6.88. The van der Waals surface area contributed by atoms with E-state index in [2.05, 4.69) is 6.92 Å². The van der Waals surface area contributed by atoms with Gasteiger partial charge in [0, 0.05) is 12.7 Å². The monoisotopic (exact) mass is 381 g/mol. The highest BCUT2D eigenvalue weighted by Gasteiger charge is 2.11. The molecule has 1 heterocycles. The Morgan fingerprint density at radius 1 is 1.04 bits per heavy atom. The van der Waals surface area contributed by atoms with Gasteiger partial charge in [0.2, 0.25) is 0 Å². The first-order valence-electron chi connectivity index (χ1n) is 9.74. The third kappa shape index (κ3) is 4.66. The van der Waals surface area contributed by atoms with Gasteiger partial charge in [-0.1, -0.05) is 31.9 Å². The fraction of sp³-hybridized carbons (Fsp3) is 0.348. The van der Waals surface area contributed by atoms with E-state index < -0.39 is 0 Å². The molecule has 0 unspecified atom stereocenters. The maximum absolute atomic E-state index is 13.0. The number of methoxy groups -OCH3 is 1. The lowest BCUT2D eigenvalue weighted by Gasteiger charge is -2.13. The van der Waals surface area contributed by atoms with Crippen LogP contribution in [0, 0.1) is 0 Å². The summed E-state index contributed by atoms with van der Waals surface area (Å²) >= 11 is 0. The number of hydrogen-bond acceptors (Lipinski definition) is 4. The minimum Gasteiger partial charge on any atom is -0.508 e. The molecule has 28 heavy (non-hydrogen) atoms. The third-order valence-corrected chi connectivity index (χ3v) is 4.84. The molecule has 5 nitrogen and oxygen atoms in total. The van der Waals surface area contributed by atoms with Gasteiger partial charge in [-0.2, -0.15) is 0 Å². The fourth-order valence-corrected chi connectivity index (χ4v) is 3.19. The van der Waals surface area contributed by atoms with Crippen LogP contribution < -0.4 is 15.0 Å². The number of rotatable bonds is 9. The lowest BCUT2D eigenvalue weighted by Crippen LogP contribution is -2.20. The molecule has 0 radical (unpaired) electrons. The van der Waals surface area contributed by atoms with Gasteiger partial charge in [-0.05, 0) is 54.1 Å². The zero-order valence-corrected chi connectivity index (χ0v) is 16.5. The van der Waals surface area contributed by atoms with E-state index >= 15 is 0 Å². The zero-order valence-electron chi connectivity index (χ0n) is 16.5. The van der Waals surface area contributed by atoms with Crippen LogP contribution in [0.4, 0.5) is 0 Å². The SMILES string of the molecule is CCCCCOc1cc2c(=O)n(CCc3ccc(O)cc3)ccc2cc1OC. The first kappa shape index (κ1) is 19.8. The molecule has 0 spiro atoms. The molecular weight excluding hydrogens is 354 g/mol. The van der Waals surface area contributed by atoms with Crippen LogP contribution in [0.2, 0.25) is 0 Å². The van der Waals surface area contributed by atoms with E-state index in [1.165, 1.54) is 0 Å². The summed E-state index contributed by atoms with van der Waals surface area (Å²) < 4.78 is 13.0. The van der Waals surface area contributed by atoms with Gasteiger partial charge in [-0.15, -0.1) is 0 Å². The quantitative estimate of drug-likeness (QED) is 0.553. The van der Waals surface area contributed by atoms with Crippen LogP contribution in [-0.4, -0.2) is 23.4 Å². The number of phenols is 1. The Labute approximate surface area is 165 Å². The molecule has 0 amide bonds. The van der Waals surface area contributed by atoms with Gasteiger partial charge < -0.3 is 19.1 Å². The minimum atomic E-state index is -0.0441. The maximum atomic E-state index is 13.0. The average Bonchev–Trinajstić information content (AvgIpc) is 2.71. The summed E-state index contributed by atoms with van der Waals surface area (Å²) in [6.07, 6.45) is 5.74. The second kappa shape index (κ2) is 9.31. The van der Waals surface area contributed by atoms with Gasteiger partial charge in [0.15, 0.2) is 11.5 Å². The van der Waals surface area contributed by atoms with Gasteiger partial charge >= 0.3 is 0 Å². The van der Waals surface area contributed by atoms with Crippen molar-refractivity contribution in [3.63, 3.8) is 0 Å². The second-order valence-corrected chi connectivity index (χ2v) is 6.88. The van der Waals surface area contributed by atoms with Crippen LogP contribution in [-0.2, 0) is 13.0 Å². The van der Waals surface area contributed by atoms with Gasteiger partial charge in [0.25, 0.3) is 5.56 Å². The summed E-state index contributed by atoms with van der Waals surface area (Å²) in [6.45, 7) is 3.33. The van der Waals surface area contributed by atoms with E-state index in [0.717, 1.165) is 30.2 Å². The van der Waals surface area contributed by atoms with Crippen molar-refractivity contribution in [1.82, 2.24) is 4.57 Å². The van der Waals surface area contributed by atoms with Crippen molar-refractivity contribution in [3.05, 3.63) is 64.6 Å². The number of hydrogen-bond donors (Lipinski definition) is 1. The summed E-state index contributed by atoms with van der Waals surface area (Å²) in [4.78, 5) is 13.0. The van der Waals surface area contributed by atoms with E-state index in [0.29, 0.717) is 36.5 Å². The summed E-state index contributed by atoms with van der Waals surface area (Å²) in [5.74, 6) is 1.50. The van der Waals surface area contributed by atoms with Crippen LogP contribution >= 0.6 is 0 Å². The molecule has 0 aliphatic rings. The molecular formula is C23H27NO4. The number of nitrogens with zero attached hydrogens (tertiary/aromatic N) is 1. The molecule has 0 saturated carbocycles. The highest BCUT2D eigenvalue weighted by molar-refractivity contribution is 5.85. The van der Waals surface area contributed by atoms with Crippen LogP contribution in [0.1, 0.15) is 31.7 Å². The number of phenolic OH excluding ortho intramolecular Hbond substituents is 1. The standard InChI is InChI=1S/C23H27NO4/c1-3-4-5-14-28-22-16-20-18(15-21(22)27-2)11-13-24(23(20)26)12-10-17-6-8-19(25)9-7-17/h6-9,11,13,15-16,25H,3-5,10,12,14H2,1-2H3. The normalized spacial score (nSPS) is 10.9. The summed E-state index contributed by atoms with van der Waals surface area (Å²) in [7, 11) is 1.61. The highest BCUT2D eigenvalue weighted by Crippen LogP contribution is 2.31. The number of fused-ring (bicyclic) bond motifs is 1. The molecule has 1 aromatic heterocycles. The molecule has 5 heteroatoms. The zero-order chi connectivity index (χ0) is 19.9. The van der Waals surface area contributed by atoms with Crippen LogP contribution in [0.3, 0.4) is 0 Å². The van der Waals surface area contributed by atoms with E-state index in [1.807, 2.05) is 30.5 Å². The van der Waals surface area contributed by atoms with Gasteiger partial charge in [0.1, 0.15) is 5.75 Å². The van der Waals surface area contributed by atoms with Crippen molar-refractivity contribution in [1.29, 1.82) is 0 Å². The molecule has 0 saturated heterocycles. The van der Waals surface area contributed by atoms with E-state index in [4.69, 9.17) is 9.47 Å². The summed E-state index contributed by atoms with van der Waals surface area (Å²) in [5, 5.41) is 10.8. The lowest BCUT2D eigenvalue weighted by atomic mass is 10.1. The molecule has 0 atom stereocenters. The molecule has 3 rings (SSSR count). The van der Waals surface area contributed by atoms with Gasteiger partial charge in [-0.3, -0.25) is 4.79 Å². The summed E-state index contributed by atoms with van der Waals surface area (Å²) in [6, 6.07) is 12.6. The van der Waals surface area contributed by atoms with Crippen molar-refractivity contribution in [2.75, 3.05) is 13.7 Å². The predicted octanol–water partition coefficient (Wildman–Crippen LogP) is 4.53. The van der Waals surface area contributed by atoms with Crippen molar-refractivity contribution in [2.24, 2.45) is 0 Å². The first-order chi connectivity index (χ1) is 13.6. The molecule has 0 aliphatic carbocycles. The predicted molar refractivity (Wildman–Crippen MR) is 112 cm³/mol. The average molecular weight is 381 g/mol. The van der Waals surface area contributed by atoms with Crippen LogP contribution in [0.5, 0.6) is 17.2 Å². The Bertz CT molecular complexity index is 976. The van der Waals surface area contributed by atoms with E-state index in [-0.39, 0.29) is 11.3 Å². The number of ether oxygens (including phenoxy) is 2. The summed E-state index contributed by atoms with van der Waals surface area (Å²) in [5.41, 5.74) is 1.02. The molecule has 1 N–H and O–H groups in total. The molecule has 0 aliphatic heterocycles. The highest BCUT2D eigenvalue weighted by atomic mass is 16.5. The van der Waals surface area contributed by atoms with Crippen molar-refractivity contribution < 1.29 is 14.6 Å². The van der Waals surface area contributed by atoms with E-state index in [9.17, 15) is 9.90 Å². The van der Waals surface area contributed by atoms with Crippen molar-refractivity contribution in [3.8, 4) is 17.2 Å². The Morgan fingerprint density at radius 2 is 1.82 bits per heavy atom. The fourth-order valence-electron chi connectivity index (χ4n) is 3.19. The number of aromatic nitrogens is 1. The first-order valence-corrected chi connectivity index (χ1v) is 9.74. The molecule has 0 bridgehead atoms. The largest absolute Gasteiger partial charge is 0.508 e. The minimum absolute atomic E-state index is 0.0441. The van der Waals surface area contributed by atoms with Crippen LogP contribution in [0.25, 0.3) is 10.8 Å². The number of pyridine rings is 1. The molecule has 148 valence electrons. The van der Waals surface area contributed by atoms with Gasteiger partial charge in [0.05, 0.1) is 19.1 Å². The topological polar surface area (TPSA) is 60.7 Å². The molecule has 2 aromatic carbocycles. The van der Waals surface area contributed by atoms with Gasteiger partial charge in [-0.25, -0.2) is 0 Å². The number of aromatic hydroxyl groups is 1. The molecule has 0 fully saturated rings. The smallest absolute Gasteiger partial charge is 0.258 e. The Kier molecular flexibility index (Phi) is 6.58. The number of benzene rings is 2. The maximum Gasteiger partial charge on any atom is 0.258 e. The lowest BCUT2D eigenvalue weighted by molar-refractivity contribution is 0.286. The third-order valence-electron chi connectivity index (χ3n) is 4.84. The Hall–Kier alpha value is -2.95.